The van der Waals surface area contributed by atoms with Crippen LogP contribution in [0.4, 0.5) is 0 Å². The Morgan fingerprint density at radius 2 is 1.79 bits per heavy atom. The van der Waals surface area contributed by atoms with Gasteiger partial charge in [-0.05, 0) is 31.1 Å². The summed E-state index contributed by atoms with van der Waals surface area (Å²) in [6.07, 6.45) is 12.2. The maximum absolute atomic E-state index is 11.9. The molecular weight excluding hydrogens is 260 g/mol. The normalized spacial score (nSPS) is 22.2. The number of nitrogens with one attached hydrogen (secondary N) is 1. The molecule has 2 rings (SSSR count). The zero-order valence-corrected chi connectivity index (χ0v) is 12.7. The summed E-state index contributed by atoms with van der Waals surface area (Å²) in [6, 6.07) is 0.221. The summed E-state index contributed by atoms with van der Waals surface area (Å²) in [5.74, 6) is 1.67. The number of amides is 1. The van der Waals surface area contributed by atoms with Crippen LogP contribution in [0.3, 0.4) is 0 Å². The molecule has 2 aliphatic carbocycles. The van der Waals surface area contributed by atoms with Crippen LogP contribution >= 0.6 is 12.4 Å². The Labute approximate surface area is 123 Å². The zero-order chi connectivity index (χ0) is 12.8. The third kappa shape index (κ3) is 5.31. The van der Waals surface area contributed by atoms with Crippen LogP contribution in [-0.2, 0) is 4.79 Å². The van der Waals surface area contributed by atoms with Gasteiger partial charge >= 0.3 is 0 Å². The van der Waals surface area contributed by atoms with Gasteiger partial charge in [0, 0.05) is 19.0 Å². The van der Waals surface area contributed by atoms with Crippen molar-refractivity contribution in [3.63, 3.8) is 0 Å². The predicted octanol–water partition coefficient (Wildman–Crippen LogP) is 3.01. The highest BCUT2D eigenvalue weighted by atomic mass is 35.5. The maximum Gasteiger partial charge on any atom is 0.220 e. The van der Waals surface area contributed by atoms with Crippen LogP contribution in [0.25, 0.3) is 0 Å². The second-order valence-corrected chi connectivity index (χ2v) is 6.14. The molecule has 3 N–H and O–H groups in total. The minimum atomic E-state index is 0. The topological polar surface area (TPSA) is 55.1 Å². The molecule has 112 valence electrons. The molecule has 3 nitrogen and oxygen atoms in total. The SMILES string of the molecule is Cl.NCC(NC(=O)CCC1CCC1)C1CCCCC1. The molecule has 0 saturated heterocycles. The van der Waals surface area contributed by atoms with E-state index in [-0.39, 0.29) is 24.4 Å². The fourth-order valence-corrected chi connectivity index (χ4v) is 3.30. The Morgan fingerprint density at radius 1 is 1.11 bits per heavy atom. The van der Waals surface area contributed by atoms with Crippen molar-refractivity contribution in [3.8, 4) is 0 Å². The van der Waals surface area contributed by atoms with Crippen LogP contribution in [-0.4, -0.2) is 18.5 Å². The summed E-state index contributed by atoms with van der Waals surface area (Å²) >= 11 is 0. The molecule has 0 aromatic heterocycles. The minimum absolute atomic E-state index is 0. The summed E-state index contributed by atoms with van der Waals surface area (Å²) in [4.78, 5) is 11.9. The van der Waals surface area contributed by atoms with Crippen LogP contribution in [0.2, 0.25) is 0 Å². The van der Waals surface area contributed by atoms with Gasteiger partial charge in [-0.2, -0.15) is 0 Å². The third-order valence-electron chi connectivity index (χ3n) is 4.82. The van der Waals surface area contributed by atoms with Crippen LogP contribution in [0.5, 0.6) is 0 Å². The minimum Gasteiger partial charge on any atom is -0.352 e. The first-order valence-electron chi connectivity index (χ1n) is 7.79. The number of hydrogen-bond donors (Lipinski definition) is 2. The highest BCUT2D eigenvalue weighted by Gasteiger charge is 2.24. The van der Waals surface area contributed by atoms with Crippen LogP contribution in [0, 0.1) is 11.8 Å². The zero-order valence-electron chi connectivity index (χ0n) is 11.9. The lowest BCUT2D eigenvalue weighted by Crippen LogP contribution is -2.46. The predicted molar refractivity (Wildman–Crippen MR) is 81.4 cm³/mol. The monoisotopic (exact) mass is 288 g/mol. The van der Waals surface area contributed by atoms with Gasteiger partial charge in [-0.1, -0.05) is 38.5 Å². The lowest BCUT2D eigenvalue weighted by molar-refractivity contribution is -0.122. The average molecular weight is 289 g/mol. The van der Waals surface area contributed by atoms with Crippen molar-refractivity contribution >= 4 is 18.3 Å². The summed E-state index contributed by atoms with van der Waals surface area (Å²) < 4.78 is 0. The van der Waals surface area contributed by atoms with Crippen molar-refractivity contribution in [1.82, 2.24) is 5.32 Å². The molecule has 1 unspecified atom stereocenters. The van der Waals surface area contributed by atoms with E-state index in [4.69, 9.17) is 5.73 Å². The van der Waals surface area contributed by atoms with Crippen molar-refractivity contribution in [3.05, 3.63) is 0 Å². The molecule has 0 aliphatic heterocycles. The summed E-state index contributed by atoms with van der Waals surface area (Å²) in [7, 11) is 0. The molecule has 2 aliphatic rings. The van der Waals surface area contributed by atoms with Crippen LogP contribution in [0.15, 0.2) is 0 Å². The second-order valence-electron chi connectivity index (χ2n) is 6.14. The molecule has 0 heterocycles. The molecule has 0 bridgehead atoms. The van der Waals surface area contributed by atoms with Gasteiger partial charge in [0.25, 0.3) is 0 Å². The van der Waals surface area contributed by atoms with E-state index in [1.54, 1.807) is 0 Å². The fraction of sp³-hybridized carbons (Fsp3) is 0.933. The quantitative estimate of drug-likeness (QED) is 0.789. The molecule has 1 atom stereocenters. The number of carbonyl (C=O) groups is 1. The third-order valence-corrected chi connectivity index (χ3v) is 4.82. The first kappa shape index (κ1) is 16.8. The average Bonchev–Trinajstić information content (AvgIpc) is 2.35. The smallest absolute Gasteiger partial charge is 0.220 e. The van der Waals surface area contributed by atoms with Crippen LogP contribution < -0.4 is 11.1 Å². The standard InChI is InChI=1S/C15H28N2O.ClH/c16-11-14(13-7-2-1-3-8-13)17-15(18)10-9-12-5-4-6-12;/h12-14H,1-11,16H2,(H,17,18);1H. The van der Waals surface area contributed by atoms with E-state index >= 15 is 0 Å². The van der Waals surface area contributed by atoms with Gasteiger partial charge in [-0.15, -0.1) is 12.4 Å². The van der Waals surface area contributed by atoms with E-state index in [0.29, 0.717) is 18.9 Å². The van der Waals surface area contributed by atoms with Crippen molar-refractivity contribution in [2.75, 3.05) is 6.54 Å². The lowest BCUT2D eigenvalue weighted by atomic mass is 9.82. The van der Waals surface area contributed by atoms with Gasteiger partial charge in [0.2, 0.25) is 5.91 Å². The molecule has 0 aromatic carbocycles. The Kier molecular flexibility index (Phi) is 7.77. The van der Waals surface area contributed by atoms with Crippen LogP contribution in [0.1, 0.15) is 64.2 Å². The largest absolute Gasteiger partial charge is 0.352 e. The number of halogens is 1. The van der Waals surface area contributed by atoms with Gasteiger partial charge in [0.05, 0.1) is 0 Å². The van der Waals surface area contributed by atoms with Crippen molar-refractivity contribution in [2.45, 2.75) is 70.3 Å². The molecule has 1 amide bonds. The molecule has 4 heteroatoms. The van der Waals surface area contributed by atoms with Gasteiger partial charge in [-0.3, -0.25) is 4.79 Å². The van der Waals surface area contributed by atoms with E-state index in [1.165, 1.54) is 51.4 Å². The van der Waals surface area contributed by atoms with E-state index in [0.717, 1.165) is 12.3 Å². The molecule has 0 aromatic rings. The Morgan fingerprint density at radius 3 is 2.32 bits per heavy atom. The summed E-state index contributed by atoms with van der Waals surface area (Å²) in [6.45, 7) is 0.597. The highest BCUT2D eigenvalue weighted by Crippen LogP contribution is 2.30. The Bertz CT molecular complexity index is 263. The fourth-order valence-electron chi connectivity index (χ4n) is 3.30. The van der Waals surface area contributed by atoms with Gasteiger partial charge in [-0.25, -0.2) is 0 Å². The number of rotatable bonds is 6. The van der Waals surface area contributed by atoms with Gasteiger partial charge in [0.15, 0.2) is 0 Å². The van der Waals surface area contributed by atoms with Crippen molar-refractivity contribution < 1.29 is 4.79 Å². The number of nitrogens with two attached hydrogens (primary N) is 1. The van der Waals surface area contributed by atoms with E-state index in [9.17, 15) is 4.79 Å². The molecule has 19 heavy (non-hydrogen) atoms. The maximum atomic E-state index is 11.9. The van der Waals surface area contributed by atoms with E-state index < -0.39 is 0 Å². The first-order chi connectivity index (χ1) is 8.79. The number of carbonyl (C=O) groups excluding carboxylic acids is 1. The molecule has 0 radical (unpaired) electrons. The molecule has 2 saturated carbocycles. The Balaban J connectivity index is 0.00000180. The van der Waals surface area contributed by atoms with Crippen molar-refractivity contribution in [2.24, 2.45) is 17.6 Å². The van der Waals surface area contributed by atoms with Gasteiger partial charge < -0.3 is 11.1 Å². The number of hydrogen-bond acceptors (Lipinski definition) is 2. The molecule has 0 spiro atoms. The lowest BCUT2D eigenvalue weighted by Gasteiger charge is -2.30. The highest BCUT2D eigenvalue weighted by molar-refractivity contribution is 5.85. The summed E-state index contributed by atoms with van der Waals surface area (Å²) in [5, 5.41) is 3.18. The first-order valence-corrected chi connectivity index (χ1v) is 7.79. The van der Waals surface area contributed by atoms with Crippen molar-refractivity contribution in [1.29, 1.82) is 0 Å². The molecular formula is C15H29ClN2O. The second kappa shape index (κ2) is 8.80. The van der Waals surface area contributed by atoms with Gasteiger partial charge in [0.1, 0.15) is 0 Å². The molecule has 2 fully saturated rings. The Hall–Kier alpha value is -0.280. The summed E-state index contributed by atoms with van der Waals surface area (Å²) in [5.41, 5.74) is 5.83. The van der Waals surface area contributed by atoms with E-state index in [2.05, 4.69) is 5.32 Å². The van der Waals surface area contributed by atoms with E-state index in [1.807, 2.05) is 0 Å².